The fourth-order valence-electron chi connectivity index (χ4n) is 3.30. The number of hydrogen-bond donors (Lipinski definition) is 2. The first-order valence-electron chi connectivity index (χ1n) is 9.99. The molecular weight excluding hydrogens is 376 g/mol. The van der Waals surface area contributed by atoms with Gasteiger partial charge in [0.15, 0.2) is 6.61 Å². The molecule has 3 aromatic rings. The van der Waals surface area contributed by atoms with Gasteiger partial charge in [0.1, 0.15) is 5.75 Å². The van der Waals surface area contributed by atoms with Gasteiger partial charge in [-0.1, -0.05) is 60.7 Å². The van der Waals surface area contributed by atoms with Crippen molar-refractivity contribution in [2.24, 2.45) is 0 Å². The van der Waals surface area contributed by atoms with Crippen LogP contribution in [0.5, 0.6) is 5.75 Å². The summed E-state index contributed by atoms with van der Waals surface area (Å²) in [5, 5.41) is 5.50. The van der Waals surface area contributed by atoms with Crippen LogP contribution < -0.4 is 15.4 Å². The summed E-state index contributed by atoms with van der Waals surface area (Å²) in [6.07, 6.45) is 0.792. The highest BCUT2D eigenvalue weighted by molar-refractivity contribution is 5.94. The highest BCUT2D eigenvalue weighted by Crippen LogP contribution is 2.27. The lowest BCUT2D eigenvalue weighted by Crippen LogP contribution is -2.30. The second-order valence-electron chi connectivity index (χ2n) is 6.90. The summed E-state index contributed by atoms with van der Waals surface area (Å²) in [5.41, 5.74) is 3.00. The quantitative estimate of drug-likeness (QED) is 0.573. The molecule has 0 saturated carbocycles. The molecule has 0 aliphatic heterocycles. The molecule has 0 aliphatic rings. The van der Waals surface area contributed by atoms with E-state index < -0.39 is 0 Å². The van der Waals surface area contributed by atoms with Crippen LogP contribution in [0.1, 0.15) is 33.8 Å². The van der Waals surface area contributed by atoms with E-state index >= 15 is 0 Å². The minimum absolute atomic E-state index is 0.0688. The maximum atomic E-state index is 12.2. The first-order chi connectivity index (χ1) is 14.7. The van der Waals surface area contributed by atoms with Gasteiger partial charge in [0, 0.05) is 25.1 Å². The van der Waals surface area contributed by atoms with E-state index in [1.165, 1.54) is 11.1 Å². The van der Waals surface area contributed by atoms with Gasteiger partial charge in [-0.3, -0.25) is 9.59 Å². The topological polar surface area (TPSA) is 67.4 Å². The maximum absolute atomic E-state index is 12.2. The lowest BCUT2D eigenvalue weighted by molar-refractivity contribution is -0.123. The second kappa shape index (κ2) is 10.8. The summed E-state index contributed by atoms with van der Waals surface area (Å²) in [7, 11) is 1.58. The number of amides is 2. The molecule has 0 heterocycles. The van der Waals surface area contributed by atoms with Crippen molar-refractivity contribution in [2.75, 3.05) is 20.2 Å². The molecule has 0 radical (unpaired) electrons. The summed E-state index contributed by atoms with van der Waals surface area (Å²) in [6.45, 7) is 0.479. The third-order valence-corrected chi connectivity index (χ3v) is 4.87. The van der Waals surface area contributed by atoms with Crippen LogP contribution in [0.2, 0.25) is 0 Å². The Morgan fingerprint density at radius 1 is 0.833 bits per heavy atom. The van der Waals surface area contributed by atoms with Crippen LogP contribution in [-0.2, 0) is 4.79 Å². The second-order valence-corrected chi connectivity index (χ2v) is 6.90. The van der Waals surface area contributed by atoms with Crippen molar-refractivity contribution < 1.29 is 14.3 Å². The van der Waals surface area contributed by atoms with Gasteiger partial charge >= 0.3 is 0 Å². The number of ether oxygens (including phenoxy) is 1. The first kappa shape index (κ1) is 21.1. The molecule has 0 atom stereocenters. The van der Waals surface area contributed by atoms with Crippen LogP contribution in [0, 0.1) is 0 Å². The Labute approximate surface area is 177 Å². The molecule has 0 fully saturated rings. The summed E-state index contributed by atoms with van der Waals surface area (Å²) in [4.78, 5) is 23.7. The van der Waals surface area contributed by atoms with E-state index in [0.29, 0.717) is 17.9 Å². The first-order valence-corrected chi connectivity index (χ1v) is 9.99. The molecule has 0 bridgehead atoms. The molecule has 0 aliphatic carbocycles. The van der Waals surface area contributed by atoms with Crippen LogP contribution in [0.4, 0.5) is 0 Å². The van der Waals surface area contributed by atoms with E-state index in [4.69, 9.17) is 4.74 Å². The Hall–Kier alpha value is -3.60. The van der Waals surface area contributed by atoms with E-state index in [2.05, 4.69) is 34.9 Å². The maximum Gasteiger partial charge on any atom is 0.257 e. The van der Waals surface area contributed by atoms with Gasteiger partial charge in [-0.15, -0.1) is 0 Å². The minimum Gasteiger partial charge on any atom is -0.484 e. The summed E-state index contributed by atoms with van der Waals surface area (Å²) < 4.78 is 5.52. The van der Waals surface area contributed by atoms with Gasteiger partial charge in [0.25, 0.3) is 11.8 Å². The Bertz CT molecular complexity index is 902. The average Bonchev–Trinajstić information content (AvgIpc) is 2.81. The van der Waals surface area contributed by atoms with Gasteiger partial charge < -0.3 is 15.4 Å². The molecule has 0 unspecified atom stereocenters. The minimum atomic E-state index is -0.176. The molecule has 2 amide bonds. The van der Waals surface area contributed by atoms with E-state index in [1.54, 1.807) is 31.3 Å². The zero-order valence-electron chi connectivity index (χ0n) is 17.0. The van der Waals surface area contributed by atoms with E-state index in [1.807, 2.05) is 36.4 Å². The van der Waals surface area contributed by atoms with Crippen LogP contribution in [0.3, 0.4) is 0 Å². The molecular formula is C25H26N2O3. The molecule has 0 aromatic heterocycles. The Balaban J connectivity index is 1.50. The van der Waals surface area contributed by atoms with E-state index in [-0.39, 0.29) is 24.3 Å². The Morgan fingerprint density at radius 3 is 1.93 bits per heavy atom. The number of rotatable bonds is 9. The van der Waals surface area contributed by atoms with Crippen molar-refractivity contribution in [3.63, 3.8) is 0 Å². The van der Waals surface area contributed by atoms with Crippen molar-refractivity contribution >= 4 is 11.8 Å². The standard InChI is InChI=1S/C25H26N2O3/c1-26-25(29)21-12-14-22(15-13-21)30-18-24(28)27-17-16-23(19-8-4-2-5-9-19)20-10-6-3-7-11-20/h2-15,23H,16-18H2,1H3,(H,26,29)(H,27,28). The summed E-state index contributed by atoms with van der Waals surface area (Å²) in [5.74, 6) is 0.422. The number of benzene rings is 3. The van der Waals surface area contributed by atoms with Crippen molar-refractivity contribution in [3.8, 4) is 5.75 Å². The van der Waals surface area contributed by atoms with Gasteiger partial charge in [-0.2, -0.15) is 0 Å². The van der Waals surface area contributed by atoms with Gasteiger partial charge in [-0.05, 0) is 41.8 Å². The van der Waals surface area contributed by atoms with E-state index in [0.717, 1.165) is 6.42 Å². The molecule has 154 valence electrons. The lowest BCUT2D eigenvalue weighted by Gasteiger charge is -2.18. The number of carbonyl (C=O) groups excluding carboxylic acids is 2. The molecule has 5 nitrogen and oxygen atoms in total. The highest BCUT2D eigenvalue weighted by Gasteiger charge is 2.14. The van der Waals surface area contributed by atoms with Crippen molar-refractivity contribution in [3.05, 3.63) is 102 Å². The van der Waals surface area contributed by atoms with Crippen LogP contribution in [0.25, 0.3) is 0 Å². The summed E-state index contributed by atoms with van der Waals surface area (Å²) >= 11 is 0. The molecule has 0 saturated heterocycles. The molecule has 5 heteroatoms. The largest absolute Gasteiger partial charge is 0.484 e. The van der Waals surface area contributed by atoms with Crippen molar-refractivity contribution in [2.45, 2.75) is 12.3 Å². The third-order valence-electron chi connectivity index (χ3n) is 4.87. The monoisotopic (exact) mass is 402 g/mol. The third kappa shape index (κ3) is 5.95. The van der Waals surface area contributed by atoms with E-state index in [9.17, 15) is 9.59 Å². The predicted molar refractivity (Wildman–Crippen MR) is 118 cm³/mol. The molecule has 2 N–H and O–H groups in total. The Morgan fingerprint density at radius 2 is 1.40 bits per heavy atom. The van der Waals surface area contributed by atoms with Crippen molar-refractivity contribution in [1.29, 1.82) is 0 Å². The molecule has 0 spiro atoms. The highest BCUT2D eigenvalue weighted by atomic mass is 16.5. The molecule has 30 heavy (non-hydrogen) atoms. The lowest BCUT2D eigenvalue weighted by atomic mass is 9.88. The smallest absolute Gasteiger partial charge is 0.257 e. The fraction of sp³-hybridized carbons (Fsp3) is 0.200. The molecule has 3 rings (SSSR count). The van der Waals surface area contributed by atoms with Crippen LogP contribution >= 0.6 is 0 Å². The number of carbonyl (C=O) groups is 2. The normalized spacial score (nSPS) is 10.5. The van der Waals surface area contributed by atoms with Gasteiger partial charge in [0.2, 0.25) is 0 Å². The zero-order valence-corrected chi connectivity index (χ0v) is 17.0. The van der Waals surface area contributed by atoms with Gasteiger partial charge in [0.05, 0.1) is 0 Å². The number of hydrogen-bond acceptors (Lipinski definition) is 3. The zero-order chi connectivity index (χ0) is 21.2. The van der Waals surface area contributed by atoms with Crippen molar-refractivity contribution in [1.82, 2.24) is 10.6 Å². The predicted octanol–water partition coefficient (Wildman–Crippen LogP) is 3.76. The Kier molecular flexibility index (Phi) is 7.61. The SMILES string of the molecule is CNC(=O)c1ccc(OCC(=O)NCCC(c2ccccc2)c2ccccc2)cc1. The van der Waals surface area contributed by atoms with Crippen LogP contribution in [0.15, 0.2) is 84.9 Å². The van der Waals surface area contributed by atoms with Gasteiger partial charge in [-0.25, -0.2) is 0 Å². The van der Waals surface area contributed by atoms with Crippen LogP contribution in [-0.4, -0.2) is 32.0 Å². The summed E-state index contributed by atoms with van der Waals surface area (Å²) in [6, 6.07) is 27.3. The average molecular weight is 402 g/mol. The fourth-order valence-corrected chi connectivity index (χ4v) is 3.30. The number of nitrogens with one attached hydrogen (secondary N) is 2. The molecule has 3 aromatic carbocycles.